The first-order chi connectivity index (χ1) is 10.4. The van der Waals surface area contributed by atoms with Gasteiger partial charge in [0, 0.05) is 9.79 Å². The summed E-state index contributed by atoms with van der Waals surface area (Å²) in [6, 6.07) is 18.4. The summed E-state index contributed by atoms with van der Waals surface area (Å²) in [7, 11) is 0. The second kappa shape index (κ2) is 7.74. The number of ketones is 1. The van der Waals surface area contributed by atoms with Crippen LogP contribution >= 0.6 is 23.5 Å². The van der Waals surface area contributed by atoms with Gasteiger partial charge in [0.25, 0.3) is 0 Å². The van der Waals surface area contributed by atoms with E-state index in [4.69, 9.17) is 0 Å². The first kappa shape index (κ1) is 17.0. The number of hydrogen-bond donors (Lipinski definition) is 0. The summed E-state index contributed by atoms with van der Waals surface area (Å²) in [6.45, 7) is 0. The molecule has 0 aromatic heterocycles. The Balaban J connectivity index is 2.11. The largest absolute Gasteiger partial charge is 0.504 e. The highest BCUT2D eigenvalue weighted by atomic mass is 32.2. The molecule has 0 bridgehead atoms. The predicted molar refractivity (Wildman–Crippen MR) is 86.0 cm³/mol. The van der Waals surface area contributed by atoms with Crippen LogP contribution in [0.15, 0.2) is 70.5 Å². The Morgan fingerprint density at radius 2 is 1.27 bits per heavy atom. The summed E-state index contributed by atoms with van der Waals surface area (Å²) in [5, 5.41) is 0. The molecule has 22 heavy (non-hydrogen) atoms. The van der Waals surface area contributed by atoms with E-state index in [0.717, 1.165) is 9.79 Å². The van der Waals surface area contributed by atoms with Crippen LogP contribution < -0.4 is 0 Å². The maximum absolute atomic E-state index is 12.6. The minimum atomic E-state index is -4.67. The molecular weight excluding hydrogens is 329 g/mol. The standard InChI is InChI=1S/C16H13F3OS2/c17-16(18,19)14(20)11-15(21-12-7-3-1-4-8-12)22-13-9-5-2-6-10-13/h1-10,15H,11H2/p+1. The van der Waals surface area contributed by atoms with Gasteiger partial charge in [-0.3, -0.25) is 4.79 Å². The molecule has 0 fully saturated rings. The molecule has 0 aliphatic rings. The second-order valence-electron chi connectivity index (χ2n) is 4.44. The highest BCUT2D eigenvalue weighted by Crippen LogP contribution is 2.38. The lowest BCUT2D eigenvalue weighted by Gasteiger charge is -2.14. The van der Waals surface area contributed by atoms with Gasteiger partial charge in [-0.15, -0.1) is 23.5 Å². The zero-order chi connectivity index (χ0) is 16.0. The Morgan fingerprint density at radius 1 is 0.864 bits per heavy atom. The van der Waals surface area contributed by atoms with Gasteiger partial charge in [-0.1, -0.05) is 36.4 Å². The molecule has 1 nitrogen and oxygen atoms in total. The molecule has 2 aromatic carbocycles. The van der Waals surface area contributed by atoms with Gasteiger partial charge in [-0.2, -0.15) is 13.2 Å². The summed E-state index contributed by atoms with van der Waals surface area (Å²) in [5.74, 6) is -1.44. The van der Waals surface area contributed by atoms with Crippen molar-refractivity contribution in [3.05, 3.63) is 60.7 Å². The number of benzene rings is 2. The third-order valence-corrected chi connectivity index (χ3v) is 5.23. The molecule has 0 aliphatic carbocycles. The van der Waals surface area contributed by atoms with Crippen LogP contribution in [-0.2, 0) is 0 Å². The lowest BCUT2D eigenvalue weighted by Crippen LogP contribution is -2.25. The minimum absolute atomic E-state index is 0.442. The number of carbonyl (C=O) groups excluding carboxylic acids is 1. The van der Waals surface area contributed by atoms with Crippen molar-refractivity contribution in [2.45, 2.75) is 27.0 Å². The van der Waals surface area contributed by atoms with Gasteiger partial charge in [-0.25, -0.2) is 0 Å². The van der Waals surface area contributed by atoms with Gasteiger partial charge in [-0.05, 0) is 24.3 Å². The number of rotatable bonds is 6. The quantitative estimate of drug-likeness (QED) is 0.398. The maximum atomic E-state index is 12.6. The summed E-state index contributed by atoms with van der Waals surface area (Å²) < 4.78 is 37.3. The van der Waals surface area contributed by atoms with Crippen molar-refractivity contribution in [1.82, 2.24) is 0 Å². The predicted octanol–water partition coefficient (Wildman–Crippen LogP) is 5.39. The molecule has 2 aromatic rings. The van der Waals surface area contributed by atoms with Gasteiger partial charge < -0.3 is 0 Å². The zero-order valence-corrected chi connectivity index (χ0v) is 13.1. The second-order valence-corrected chi connectivity index (χ2v) is 7.29. The minimum Gasteiger partial charge on any atom is -0.273 e. The van der Waals surface area contributed by atoms with Gasteiger partial charge in [0.1, 0.15) is 0 Å². The molecule has 0 radical (unpaired) electrons. The fraction of sp³-hybridized carbons (Fsp3) is 0.188. The monoisotopic (exact) mass is 343 g/mol. The Kier molecular flexibility index (Phi) is 5.97. The summed E-state index contributed by atoms with van der Waals surface area (Å²) in [5.41, 5.74) is 0. The van der Waals surface area contributed by atoms with E-state index in [9.17, 15) is 18.0 Å². The molecule has 6 heteroatoms. The van der Waals surface area contributed by atoms with Crippen molar-refractivity contribution < 1.29 is 18.0 Å². The molecule has 1 N–H and O–H groups in total. The van der Waals surface area contributed by atoms with E-state index >= 15 is 0 Å². The molecule has 0 unspecified atom stereocenters. The van der Waals surface area contributed by atoms with Gasteiger partial charge >= 0.3 is 12.0 Å². The van der Waals surface area contributed by atoms with E-state index in [1.54, 1.807) is 0 Å². The molecule has 2 rings (SSSR count). The van der Waals surface area contributed by atoms with E-state index in [-0.39, 0.29) is 0 Å². The smallest absolute Gasteiger partial charge is 0.273 e. The van der Waals surface area contributed by atoms with Crippen molar-refractivity contribution >= 4 is 29.3 Å². The lowest BCUT2D eigenvalue weighted by molar-refractivity contribution is -0.0661. The lowest BCUT2D eigenvalue weighted by atomic mass is 10.3. The zero-order valence-electron chi connectivity index (χ0n) is 11.5. The molecule has 0 atom stereocenters. The van der Waals surface area contributed by atoms with Crippen LogP contribution in [0.25, 0.3) is 0 Å². The van der Waals surface area contributed by atoms with Crippen molar-refractivity contribution in [1.29, 1.82) is 0 Å². The SMILES string of the molecule is [OH+]=C(CC(Sc1ccccc1)Sc1ccccc1)C(F)(F)F. The van der Waals surface area contributed by atoms with Crippen LogP contribution in [0.2, 0.25) is 0 Å². The third kappa shape index (κ3) is 5.42. The van der Waals surface area contributed by atoms with Crippen LogP contribution in [0.5, 0.6) is 0 Å². The Labute approximate surface area is 135 Å². The van der Waals surface area contributed by atoms with Crippen LogP contribution in [0, 0.1) is 0 Å². The van der Waals surface area contributed by atoms with E-state index in [2.05, 4.69) is 0 Å². The molecular formula is C16H14F3OS2+. The normalized spacial score (nSPS) is 11.6. The van der Waals surface area contributed by atoms with E-state index < -0.39 is 23.0 Å². The maximum Gasteiger partial charge on any atom is 0.504 e. The van der Waals surface area contributed by atoms with E-state index in [1.165, 1.54) is 23.5 Å². The van der Waals surface area contributed by atoms with E-state index in [1.807, 2.05) is 60.7 Å². The van der Waals surface area contributed by atoms with Crippen molar-refractivity contribution in [2.24, 2.45) is 0 Å². The van der Waals surface area contributed by atoms with Crippen molar-refractivity contribution in [2.75, 3.05) is 0 Å². The Morgan fingerprint density at radius 3 is 1.64 bits per heavy atom. The Bertz CT molecular complexity index is 558. The van der Waals surface area contributed by atoms with Gasteiger partial charge in [0.2, 0.25) is 0 Å². The number of hydrogen-bond acceptors (Lipinski definition) is 2. The van der Waals surface area contributed by atoms with Crippen LogP contribution in [0.4, 0.5) is 13.2 Å². The van der Waals surface area contributed by atoms with Crippen molar-refractivity contribution in [3.63, 3.8) is 0 Å². The van der Waals surface area contributed by atoms with Crippen molar-refractivity contribution in [3.8, 4) is 0 Å². The van der Waals surface area contributed by atoms with Crippen LogP contribution in [0.1, 0.15) is 6.42 Å². The molecule has 0 saturated heterocycles. The van der Waals surface area contributed by atoms with Gasteiger partial charge in [0.05, 0.1) is 11.0 Å². The number of alkyl halides is 3. The molecule has 0 spiro atoms. The summed E-state index contributed by atoms with van der Waals surface area (Å²) >= 11 is 2.62. The summed E-state index contributed by atoms with van der Waals surface area (Å²) in [4.78, 5) is 11.0. The average molecular weight is 343 g/mol. The first-order valence-electron chi connectivity index (χ1n) is 6.50. The summed E-state index contributed by atoms with van der Waals surface area (Å²) in [6.07, 6.45) is -5.12. The first-order valence-corrected chi connectivity index (χ1v) is 8.26. The molecule has 0 heterocycles. The average Bonchev–Trinajstić information content (AvgIpc) is 2.48. The highest BCUT2D eigenvalue weighted by molar-refractivity contribution is 8.17. The number of thioether (sulfide) groups is 2. The van der Waals surface area contributed by atoms with Crippen LogP contribution in [-0.4, -0.2) is 21.3 Å². The van der Waals surface area contributed by atoms with Gasteiger partial charge in [0.15, 0.2) is 0 Å². The molecule has 0 amide bonds. The molecule has 0 saturated carbocycles. The molecule has 0 aliphatic heterocycles. The third-order valence-electron chi connectivity index (χ3n) is 2.71. The fourth-order valence-corrected chi connectivity index (χ4v) is 4.26. The Hall–Kier alpha value is -1.40. The topological polar surface area (TPSA) is 21.4 Å². The number of halogens is 3. The fourth-order valence-electron chi connectivity index (χ4n) is 1.68. The highest BCUT2D eigenvalue weighted by Gasteiger charge is 2.46. The van der Waals surface area contributed by atoms with Crippen LogP contribution in [0.3, 0.4) is 0 Å². The molecule has 116 valence electrons. The van der Waals surface area contributed by atoms with E-state index in [0.29, 0.717) is 0 Å².